The van der Waals surface area contributed by atoms with Gasteiger partial charge in [0.25, 0.3) is 10.0 Å². The molecule has 4 nitrogen and oxygen atoms in total. The molecule has 0 aliphatic heterocycles. The summed E-state index contributed by atoms with van der Waals surface area (Å²) in [6, 6.07) is 8.72. The summed E-state index contributed by atoms with van der Waals surface area (Å²) >= 11 is 4.53. The lowest BCUT2D eigenvalue weighted by atomic mass is 10.3. The van der Waals surface area contributed by atoms with Gasteiger partial charge in [-0.25, -0.2) is 8.42 Å². The van der Waals surface area contributed by atoms with Gasteiger partial charge in [-0.3, -0.25) is 4.72 Å². The van der Waals surface area contributed by atoms with Crippen molar-refractivity contribution in [1.29, 1.82) is 0 Å². The molecule has 7 heteroatoms. The lowest BCUT2D eigenvalue weighted by molar-refractivity contribution is 0.603. The maximum absolute atomic E-state index is 12.2. The average Bonchev–Trinajstić information content (AvgIpc) is 2.71. The van der Waals surface area contributed by atoms with Crippen molar-refractivity contribution >= 4 is 48.7 Å². The SMILES string of the molecule is CNc1ccc(NS(=O)(=O)c2cc(C)c(Br)s2)cc1. The lowest BCUT2D eigenvalue weighted by Crippen LogP contribution is -2.11. The largest absolute Gasteiger partial charge is 0.388 e. The maximum atomic E-state index is 12.2. The highest BCUT2D eigenvalue weighted by Crippen LogP contribution is 2.31. The number of anilines is 2. The Morgan fingerprint density at radius 2 is 1.74 bits per heavy atom. The standard InChI is InChI=1S/C12H13BrN2O2S2/c1-8-7-11(18-12(8)13)19(16,17)15-10-5-3-9(14-2)4-6-10/h3-7,14-15H,1-2H3. The van der Waals surface area contributed by atoms with E-state index in [-0.39, 0.29) is 0 Å². The zero-order valence-electron chi connectivity index (χ0n) is 10.4. The van der Waals surface area contributed by atoms with Crippen LogP contribution in [0.5, 0.6) is 0 Å². The normalized spacial score (nSPS) is 11.3. The number of benzene rings is 1. The first-order chi connectivity index (χ1) is 8.92. The average molecular weight is 361 g/mol. The number of nitrogens with one attached hydrogen (secondary N) is 2. The molecule has 2 aromatic rings. The predicted molar refractivity (Wildman–Crippen MR) is 83.6 cm³/mol. The second kappa shape index (κ2) is 5.52. The predicted octanol–water partition coefficient (Wildman–Crippen LogP) is 3.66. The van der Waals surface area contributed by atoms with E-state index >= 15 is 0 Å². The topological polar surface area (TPSA) is 58.2 Å². The Morgan fingerprint density at radius 3 is 2.21 bits per heavy atom. The second-order valence-electron chi connectivity index (χ2n) is 3.96. The van der Waals surface area contributed by atoms with E-state index in [4.69, 9.17) is 0 Å². The molecule has 2 rings (SSSR count). The fraction of sp³-hybridized carbons (Fsp3) is 0.167. The lowest BCUT2D eigenvalue weighted by Gasteiger charge is -2.07. The molecule has 19 heavy (non-hydrogen) atoms. The second-order valence-corrected chi connectivity index (χ2v) is 8.23. The van der Waals surface area contributed by atoms with Gasteiger partial charge in [-0.1, -0.05) is 0 Å². The number of hydrogen-bond donors (Lipinski definition) is 2. The quantitative estimate of drug-likeness (QED) is 0.874. The molecule has 102 valence electrons. The molecule has 0 spiro atoms. The third kappa shape index (κ3) is 3.29. The fourth-order valence-electron chi connectivity index (χ4n) is 1.47. The molecule has 0 atom stereocenters. The Labute approximate surface area is 125 Å². The third-order valence-electron chi connectivity index (χ3n) is 2.53. The van der Waals surface area contributed by atoms with Crippen LogP contribution in [-0.4, -0.2) is 15.5 Å². The molecule has 2 N–H and O–H groups in total. The van der Waals surface area contributed by atoms with Gasteiger partial charge < -0.3 is 5.32 Å². The van der Waals surface area contributed by atoms with E-state index in [2.05, 4.69) is 26.0 Å². The number of thiophene rings is 1. The zero-order valence-corrected chi connectivity index (χ0v) is 13.6. The van der Waals surface area contributed by atoms with Crippen LogP contribution in [-0.2, 0) is 10.0 Å². The Morgan fingerprint density at radius 1 is 1.16 bits per heavy atom. The van der Waals surface area contributed by atoms with Gasteiger partial charge in [0.15, 0.2) is 0 Å². The summed E-state index contributed by atoms with van der Waals surface area (Å²) in [5.74, 6) is 0. The van der Waals surface area contributed by atoms with Gasteiger partial charge in [-0.05, 0) is 58.7 Å². The monoisotopic (exact) mass is 360 g/mol. The molecule has 1 aromatic heterocycles. The van der Waals surface area contributed by atoms with Crippen LogP contribution in [0.3, 0.4) is 0 Å². The van der Waals surface area contributed by atoms with Crippen LogP contribution in [0.4, 0.5) is 11.4 Å². The molecule has 1 heterocycles. The molecular formula is C12H13BrN2O2S2. The minimum atomic E-state index is -3.52. The van der Waals surface area contributed by atoms with Crippen molar-refractivity contribution in [3.8, 4) is 0 Å². The van der Waals surface area contributed by atoms with Crippen molar-refractivity contribution in [3.05, 3.63) is 39.7 Å². The third-order valence-corrected chi connectivity index (χ3v) is 6.52. The number of aryl methyl sites for hydroxylation is 1. The van der Waals surface area contributed by atoms with Crippen molar-refractivity contribution in [2.75, 3.05) is 17.1 Å². The molecule has 0 aliphatic rings. The van der Waals surface area contributed by atoms with Crippen LogP contribution >= 0.6 is 27.3 Å². The maximum Gasteiger partial charge on any atom is 0.271 e. The smallest absolute Gasteiger partial charge is 0.271 e. The first kappa shape index (κ1) is 14.4. The number of halogens is 1. The molecule has 0 saturated carbocycles. The van der Waals surface area contributed by atoms with E-state index < -0.39 is 10.0 Å². The van der Waals surface area contributed by atoms with Gasteiger partial charge >= 0.3 is 0 Å². The summed E-state index contributed by atoms with van der Waals surface area (Å²) in [5, 5.41) is 2.98. The molecule has 1 aromatic carbocycles. The van der Waals surface area contributed by atoms with E-state index in [1.807, 2.05) is 26.1 Å². The molecular weight excluding hydrogens is 348 g/mol. The first-order valence-corrected chi connectivity index (χ1v) is 8.58. The van der Waals surface area contributed by atoms with Crippen LogP contribution in [0, 0.1) is 6.92 Å². The highest BCUT2D eigenvalue weighted by atomic mass is 79.9. The first-order valence-electron chi connectivity index (χ1n) is 5.49. The van der Waals surface area contributed by atoms with Crippen molar-refractivity contribution in [3.63, 3.8) is 0 Å². The Hall–Kier alpha value is -1.05. The van der Waals surface area contributed by atoms with Crippen LogP contribution in [0.2, 0.25) is 0 Å². The molecule has 0 radical (unpaired) electrons. The van der Waals surface area contributed by atoms with Crippen molar-refractivity contribution in [1.82, 2.24) is 0 Å². The summed E-state index contributed by atoms with van der Waals surface area (Å²) in [4.78, 5) is 0. The summed E-state index contributed by atoms with van der Waals surface area (Å²) in [7, 11) is -1.71. The van der Waals surface area contributed by atoms with Crippen LogP contribution in [0.1, 0.15) is 5.56 Å². The van der Waals surface area contributed by atoms with Gasteiger partial charge in [0.1, 0.15) is 4.21 Å². The summed E-state index contributed by atoms with van der Waals surface area (Å²) in [5.41, 5.74) is 2.38. The zero-order chi connectivity index (χ0) is 14.0. The molecule has 0 amide bonds. The van der Waals surface area contributed by atoms with Gasteiger partial charge in [0.2, 0.25) is 0 Å². The van der Waals surface area contributed by atoms with Crippen molar-refractivity contribution in [2.45, 2.75) is 11.1 Å². The molecule has 0 saturated heterocycles. The van der Waals surface area contributed by atoms with Crippen molar-refractivity contribution < 1.29 is 8.42 Å². The Balaban J connectivity index is 2.25. The summed E-state index contributed by atoms with van der Waals surface area (Å²) in [6.45, 7) is 1.86. The molecule has 0 aliphatic carbocycles. The number of rotatable bonds is 4. The van der Waals surface area contributed by atoms with E-state index in [9.17, 15) is 8.42 Å². The minimum Gasteiger partial charge on any atom is -0.388 e. The highest BCUT2D eigenvalue weighted by molar-refractivity contribution is 9.11. The van der Waals surface area contributed by atoms with Crippen molar-refractivity contribution in [2.24, 2.45) is 0 Å². The van der Waals surface area contributed by atoms with E-state index in [0.29, 0.717) is 9.90 Å². The van der Waals surface area contributed by atoms with Crippen LogP contribution < -0.4 is 10.0 Å². The number of hydrogen-bond acceptors (Lipinski definition) is 4. The Kier molecular flexibility index (Phi) is 4.17. The fourth-order valence-corrected chi connectivity index (χ4v) is 4.76. The molecule has 0 unspecified atom stereocenters. The van der Waals surface area contributed by atoms with Gasteiger partial charge in [-0.2, -0.15) is 0 Å². The van der Waals surface area contributed by atoms with E-state index in [1.165, 1.54) is 11.3 Å². The van der Waals surface area contributed by atoms with Gasteiger partial charge in [-0.15, -0.1) is 11.3 Å². The summed E-state index contributed by atoms with van der Waals surface area (Å²) < 4.78 is 28.1. The van der Waals surface area contributed by atoms with Gasteiger partial charge in [0.05, 0.1) is 3.79 Å². The number of sulfonamides is 1. The molecule has 0 bridgehead atoms. The van der Waals surface area contributed by atoms with Crippen LogP contribution in [0.25, 0.3) is 0 Å². The van der Waals surface area contributed by atoms with E-state index in [0.717, 1.165) is 15.0 Å². The Bertz CT molecular complexity index is 659. The summed E-state index contributed by atoms with van der Waals surface area (Å²) in [6.07, 6.45) is 0. The minimum absolute atomic E-state index is 0.301. The van der Waals surface area contributed by atoms with Crippen LogP contribution in [0.15, 0.2) is 38.3 Å². The van der Waals surface area contributed by atoms with Gasteiger partial charge in [0, 0.05) is 18.4 Å². The highest BCUT2D eigenvalue weighted by Gasteiger charge is 2.18. The molecule has 0 fully saturated rings. The van der Waals surface area contributed by atoms with E-state index in [1.54, 1.807) is 18.2 Å².